The third-order valence-corrected chi connectivity index (χ3v) is 4.33. The molecule has 0 aromatic carbocycles. The van der Waals surface area contributed by atoms with Crippen LogP contribution in [0.5, 0.6) is 0 Å². The molecule has 2 unspecified atom stereocenters. The van der Waals surface area contributed by atoms with Crippen LogP contribution in [0.15, 0.2) is 0 Å². The van der Waals surface area contributed by atoms with Gasteiger partial charge in [0.2, 0.25) is 0 Å². The molecular weight excluding hydrogens is 204 g/mol. The van der Waals surface area contributed by atoms with Gasteiger partial charge < -0.3 is 9.84 Å². The Hall–Kier alpha value is -0.570. The van der Waals surface area contributed by atoms with E-state index < -0.39 is 11.0 Å². The number of carbonyl (C=O) groups is 1. The molecule has 0 radical (unpaired) electrons. The molecule has 1 aliphatic rings. The van der Waals surface area contributed by atoms with E-state index in [-0.39, 0.29) is 17.8 Å². The number of esters is 1. The predicted octanol–water partition coefficient (Wildman–Crippen LogP) is 2.37. The van der Waals surface area contributed by atoms with E-state index >= 15 is 0 Å². The van der Waals surface area contributed by atoms with E-state index in [0.29, 0.717) is 13.0 Å². The van der Waals surface area contributed by atoms with Crippen molar-refractivity contribution in [1.82, 2.24) is 0 Å². The Kier molecular flexibility index (Phi) is 3.68. The Morgan fingerprint density at radius 3 is 2.44 bits per heavy atom. The summed E-state index contributed by atoms with van der Waals surface area (Å²) in [5, 5.41) is 10.7. The summed E-state index contributed by atoms with van der Waals surface area (Å²) in [5.74, 6) is -0.189. The Balaban J connectivity index is 2.91. The zero-order valence-electron chi connectivity index (χ0n) is 11.0. The normalized spacial score (nSPS) is 33.1. The van der Waals surface area contributed by atoms with Gasteiger partial charge in [0.1, 0.15) is 0 Å². The van der Waals surface area contributed by atoms with Crippen molar-refractivity contribution in [3.8, 4) is 0 Å². The van der Waals surface area contributed by atoms with Crippen LogP contribution in [-0.2, 0) is 9.53 Å². The summed E-state index contributed by atoms with van der Waals surface area (Å²) in [6.07, 6.45) is 1.40. The molecule has 3 heteroatoms. The van der Waals surface area contributed by atoms with Gasteiger partial charge in [0.05, 0.1) is 18.1 Å². The average Bonchev–Trinajstić information content (AvgIpc) is 2.40. The van der Waals surface area contributed by atoms with Crippen molar-refractivity contribution in [1.29, 1.82) is 0 Å². The first-order valence-corrected chi connectivity index (χ1v) is 6.16. The van der Waals surface area contributed by atoms with Crippen LogP contribution in [0.25, 0.3) is 0 Å². The monoisotopic (exact) mass is 228 g/mol. The fourth-order valence-electron chi connectivity index (χ4n) is 3.04. The minimum absolute atomic E-state index is 0.155. The highest BCUT2D eigenvalue weighted by molar-refractivity contribution is 5.74. The van der Waals surface area contributed by atoms with E-state index in [1.807, 2.05) is 34.6 Å². The summed E-state index contributed by atoms with van der Waals surface area (Å²) in [7, 11) is 0. The van der Waals surface area contributed by atoms with Gasteiger partial charge in [-0.2, -0.15) is 0 Å². The molecule has 3 nitrogen and oxygen atoms in total. The number of hydrogen-bond acceptors (Lipinski definition) is 3. The number of rotatable bonds is 3. The van der Waals surface area contributed by atoms with Crippen LogP contribution < -0.4 is 0 Å². The Bertz CT molecular complexity index is 270. The summed E-state index contributed by atoms with van der Waals surface area (Å²) in [5.41, 5.74) is -1.17. The molecule has 1 aliphatic carbocycles. The van der Waals surface area contributed by atoms with E-state index in [2.05, 4.69) is 0 Å². The molecule has 0 aliphatic heterocycles. The standard InChI is InChI=1S/C13H24O3/c1-6-16-11(14)10-7-8-13(15,9(2)3)12(10,4)5/h9-10,15H,6-8H2,1-5H3. The molecule has 0 bridgehead atoms. The summed E-state index contributed by atoms with van der Waals surface area (Å²) in [6.45, 7) is 10.2. The molecule has 2 atom stereocenters. The van der Waals surface area contributed by atoms with Gasteiger partial charge in [-0.1, -0.05) is 27.7 Å². The first-order chi connectivity index (χ1) is 7.27. The fourth-order valence-corrected chi connectivity index (χ4v) is 3.04. The van der Waals surface area contributed by atoms with Gasteiger partial charge >= 0.3 is 5.97 Å². The van der Waals surface area contributed by atoms with E-state index in [0.717, 1.165) is 6.42 Å². The van der Waals surface area contributed by atoms with E-state index in [4.69, 9.17) is 4.74 Å². The molecule has 0 spiro atoms. The van der Waals surface area contributed by atoms with E-state index in [1.165, 1.54) is 0 Å². The maximum absolute atomic E-state index is 11.8. The molecule has 16 heavy (non-hydrogen) atoms. The second-order valence-corrected chi connectivity index (χ2v) is 5.64. The third kappa shape index (κ3) is 1.86. The minimum Gasteiger partial charge on any atom is -0.466 e. The SMILES string of the molecule is CCOC(=O)C1CCC(O)(C(C)C)C1(C)C. The van der Waals surface area contributed by atoms with Crippen molar-refractivity contribution in [3.63, 3.8) is 0 Å². The maximum Gasteiger partial charge on any atom is 0.309 e. The zero-order chi connectivity index (χ0) is 12.6. The molecule has 1 fully saturated rings. The molecule has 0 aromatic rings. The molecule has 1 rings (SSSR count). The van der Waals surface area contributed by atoms with E-state index in [1.54, 1.807) is 0 Å². The van der Waals surface area contributed by atoms with Gasteiger partial charge in [0, 0.05) is 5.41 Å². The van der Waals surface area contributed by atoms with Gasteiger partial charge in [0.15, 0.2) is 0 Å². The smallest absolute Gasteiger partial charge is 0.309 e. The highest BCUT2D eigenvalue weighted by Gasteiger charge is 2.57. The number of hydrogen-bond donors (Lipinski definition) is 1. The summed E-state index contributed by atoms with van der Waals surface area (Å²) >= 11 is 0. The lowest BCUT2D eigenvalue weighted by Gasteiger charge is -2.42. The van der Waals surface area contributed by atoms with Crippen molar-refractivity contribution in [2.45, 2.75) is 53.1 Å². The van der Waals surface area contributed by atoms with Gasteiger partial charge in [0.25, 0.3) is 0 Å². The predicted molar refractivity (Wildman–Crippen MR) is 62.9 cm³/mol. The summed E-state index contributed by atoms with van der Waals surface area (Å²) < 4.78 is 5.08. The van der Waals surface area contributed by atoms with Gasteiger partial charge in [-0.25, -0.2) is 0 Å². The highest BCUT2D eigenvalue weighted by atomic mass is 16.5. The molecule has 1 saturated carbocycles. The average molecular weight is 228 g/mol. The van der Waals surface area contributed by atoms with Gasteiger partial charge in [-0.15, -0.1) is 0 Å². The maximum atomic E-state index is 11.8. The second kappa shape index (κ2) is 4.36. The van der Waals surface area contributed by atoms with Crippen molar-refractivity contribution in [3.05, 3.63) is 0 Å². The largest absolute Gasteiger partial charge is 0.466 e. The highest BCUT2D eigenvalue weighted by Crippen LogP contribution is 2.53. The summed E-state index contributed by atoms with van der Waals surface area (Å²) in [4.78, 5) is 11.8. The first-order valence-electron chi connectivity index (χ1n) is 6.16. The van der Waals surface area contributed by atoms with Crippen molar-refractivity contribution >= 4 is 5.97 Å². The van der Waals surface area contributed by atoms with Crippen LogP contribution in [0.4, 0.5) is 0 Å². The van der Waals surface area contributed by atoms with Crippen LogP contribution in [0, 0.1) is 17.3 Å². The molecule has 0 heterocycles. The van der Waals surface area contributed by atoms with Crippen LogP contribution in [-0.4, -0.2) is 23.3 Å². The van der Waals surface area contributed by atoms with Gasteiger partial charge in [-0.3, -0.25) is 4.79 Å². The topological polar surface area (TPSA) is 46.5 Å². The van der Waals surface area contributed by atoms with E-state index in [9.17, 15) is 9.90 Å². The lowest BCUT2D eigenvalue weighted by Crippen LogP contribution is -2.48. The van der Waals surface area contributed by atoms with Crippen LogP contribution in [0.3, 0.4) is 0 Å². The first kappa shape index (κ1) is 13.5. The third-order valence-electron chi connectivity index (χ3n) is 4.33. The number of carbonyl (C=O) groups excluding carboxylic acids is 1. The van der Waals surface area contributed by atoms with Crippen LogP contribution in [0.1, 0.15) is 47.5 Å². The lowest BCUT2D eigenvalue weighted by molar-refractivity contribution is -0.158. The van der Waals surface area contributed by atoms with Gasteiger partial charge in [-0.05, 0) is 25.7 Å². The quantitative estimate of drug-likeness (QED) is 0.754. The second-order valence-electron chi connectivity index (χ2n) is 5.64. The Labute approximate surface area is 98.2 Å². The molecule has 1 N–H and O–H groups in total. The molecular formula is C13H24O3. The lowest BCUT2D eigenvalue weighted by atomic mass is 9.67. The Morgan fingerprint density at radius 1 is 1.50 bits per heavy atom. The van der Waals surface area contributed by atoms with Crippen molar-refractivity contribution in [2.24, 2.45) is 17.3 Å². The molecule has 0 saturated heterocycles. The molecule has 94 valence electrons. The number of ether oxygens (including phenoxy) is 1. The Morgan fingerprint density at radius 2 is 2.06 bits per heavy atom. The van der Waals surface area contributed by atoms with Crippen molar-refractivity contribution in [2.75, 3.05) is 6.61 Å². The number of aliphatic hydroxyl groups is 1. The van der Waals surface area contributed by atoms with Crippen LogP contribution >= 0.6 is 0 Å². The van der Waals surface area contributed by atoms with Crippen LogP contribution in [0.2, 0.25) is 0 Å². The molecule has 0 aromatic heterocycles. The minimum atomic E-state index is -0.759. The van der Waals surface area contributed by atoms with Crippen molar-refractivity contribution < 1.29 is 14.6 Å². The fraction of sp³-hybridized carbons (Fsp3) is 0.923. The summed E-state index contributed by atoms with van der Waals surface area (Å²) in [6, 6.07) is 0. The molecule has 0 amide bonds. The zero-order valence-corrected chi connectivity index (χ0v) is 11.0.